The van der Waals surface area contributed by atoms with Gasteiger partial charge >= 0.3 is 0 Å². The van der Waals surface area contributed by atoms with Crippen molar-refractivity contribution in [2.24, 2.45) is 0 Å². The van der Waals surface area contributed by atoms with E-state index in [1.165, 1.54) is 11.3 Å². The van der Waals surface area contributed by atoms with Crippen LogP contribution < -0.4 is 0 Å². The van der Waals surface area contributed by atoms with Crippen molar-refractivity contribution < 1.29 is 4.42 Å². The Morgan fingerprint density at radius 2 is 2.07 bits per heavy atom. The highest BCUT2D eigenvalue weighted by molar-refractivity contribution is 9.10. The third kappa shape index (κ3) is 2.16. The summed E-state index contributed by atoms with van der Waals surface area (Å²) in [6.45, 7) is 0. The Kier molecular flexibility index (Phi) is 3.22. The molecule has 0 aliphatic carbocycles. The lowest BCUT2D eigenvalue weighted by molar-refractivity contribution is 0.495. The van der Waals surface area contributed by atoms with Crippen molar-refractivity contribution >= 4 is 50.5 Å². The van der Waals surface area contributed by atoms with E-state index in [2.05, 4.69) is 15.9 Å². The maximum Gasteiger partial charge on any atom is 0.169 e. The SMILES string of the molecule is Clc1ccc(C(Cl)c2ccc(Br)o2)s1. The minimum Gasteiger partial charge on any atom is -0.452 e. The first-order valence-electron chi connectivity index (χ1n) is 3.81. The van der Waals surface area contributed by atoms with Crippen molar-refractivity contribution in [2.45, 2.75) is 5.38 Å². The molecule has 0 amide bonds. The van der Waals surface area contributed by atoms with Crippen LogP contribution in [0.1, 0.15) is 16.0 Å². The van der Waals surface area contributed by atoms with Crippen molar-refractivity contribution in [3.63, 3.8) is 0 Å². The number of alkyl halides is 1. The second-order valence-corrected chi connectivity index (χ2v) is 5.61. The lowest BCUT2D eigenvalue weighted by Gasteiger charge is -2.01. The summed E-state index contributed by atoms with van der Waals surface area (Å²) in [5.41, 5.74) is 0. The molecule has 0 spiro atoms. The molecule has 0 aliphatic rings. The normalized spacial score (nSPS) is 13.1. The molecule has 2 aromatic rings. The van der Waals surface area contributed by atoms with E-state index in [9.17, 15) is 0 Å². The van der Waals surface area contributed by atoms with Crippen LogP contribution in [-0.4, -0.2) is 0 Å². The van der Waals surface area contributed by atoms with Crippen molar-refractivity contribution in [3.8, 4) is 0 Å². The summed E-state index contributed by atoms with van der Waals surface area (Å²) in [6.07, 6.45) is 0. The Morgan fingerprint density at radius 1 is 1.29 bits per heavy atom. The van der Waals surface area contributed by atoms with Crippen molar-refractivity contribution in [1.29, 1.82) is 0 Å². The monoisotopic (exact) mass is 310 g/mol. The molecule has 0 N–H and O–H groups in total. The smallest absolute Gasteiger partial charge is 0.169 e. The molecule has 74 valence electrons. The topological polar surface area (TPSA) is 13.1 Å². The van der Waals surface area contributed by atoms with Crippen molar-refractivity contribution in [2.75, 3.05) is 0 Å². The molecule has 5 heteroatoms. The van der Waals surface area contributed by atoms with E-state index >= 15 is 0 Å². The van der Waals surface area contributed by atoms with Crippen LogP contribution in [0, 0.1) is 0 Å². The fourth-order valence-corrected chi connectivity index (χ4v) is 2.76. The summed E-state index contributed by atoms with van der Waals surface area (Å²) < 4.78 is 6.77. The van der Waals surface area contributed by atoms with Gasteiger partial charge in [-0.15, -0.1) is 22.9 Å². The fourth-order valence-electron chi connectivity index (χ4n) is 1.07. The predicted octanol–water partition coefficient (Wildman–Crippen LogP) is 5.09. The molecule has 0 aliphatic heterocycles. The molecule has 0 saturated carbocycles. The van der Waals surface area contributed by atoms with Crippen molar-refractivity contribution in [3.05, 3.63) is 43.9 Å². The van der Waals surface area contributed by atoms with Gasteiger partial charge in [0.1, 0.15) is 11.1 Å². The molecule has 0 aromatic carbocycles. The van der Waals surface area contributed by atoms with Gasteiger partial charge in [-0.2, -0.15) is 0 Å². The van der Waals surface area contributed by atoms with Gasteiger partial charge in [0, 0.05) is 4.88 Å². The molecule has 2 aromatic heterocycles. The second-order valence-electron chi connectivity index (χ2n) is 2.65. The lowest BCUT2D eigenvalue weighted by atomic mass is 10.3. The summed E-state index contributed by atoms with van der Waals surface area (Å²) >= 11 is 16.7. The van der Waals surface area contributed by atoms with E-state index < -0.39 is 0 Å². The zero-order chi connectivity index (χ0) is 10.1. The Labute approximate surface area is 104 Å². The van der Waals surface area contributed by atoms with Crippen LogP contribution in [0.15, 0.2) is 33.4 Å². The second kappa shape index (κ2) is 4.27. The molecule has 1 unspecified atom stereocenters. The largest absolute Gasteiger partial charge is 0.452 e. The van der Waals surface area contributed by atoms with E-state index in [1.54, 1.807) is 0 Å². The lowest BCUT2D eigenvalue weighted by Crippen LogP contribution is -1.85. The Bertz CT molecular complexity index is 397. The van der Waals surface area contributed by atoms with Crippen LogP contribution in [0.4, 0.5) is 0 Å². The average Bonchev–Trinajstić information content (AvgIpc) is 2.73. The Balaban J connectivity index is 2.28. The maximum absolute atomic E-state index is 6.20. The highest BCUT2D eigenvalue weighted by Crippen LogP contribution is 2.36. The zero-order valence-electron chi connectivity index (χ0n) is 6.84. The number of rotatable bonds is 2. The molecule has 2 rings (SSSR count). The Hall–Kier alpha value is 0.0400. The first kappa shape index (κ1) is 10.6. The quantitative estimate of drug-likeness (QED) is 0.704. The maximum atomic E-state index is 6.20. The molecular weight excluding hydrogens is 307 g/mol. The third-order valence-electron chi connectivity index (χ3n) is 1.69. The van der Waals surface area contributed by atoms with Crippen LogP contribution in [0.5, 0.6) is 0 Å². The molecule has 0 radical (unpaired) electrons. The molecular formula is C9H5BrCl2OS. The number of furan rings is 1. The molecule has 1 atom stereocenters. The van der Waals surface area contributed by atoms with Gasteiger partial charge in [-0.05, 0) is 40.2 Å². The van der Waals surface area contributed by atoms with Crippen LogP contribution in [0.3, 0.4) is 0 Å². The van der Waals surface area contributed by atoms with E-state index in [-0.39, 0.29) is 5.38 Å². The van der Waals surface area contributed by atoms with Gasteiger partial charge in [0.2, 0.25) is 0 Å². The van der Waals surface area contributed by atoms with Crippen LogP contribution in [-0.2, 0) is 0 Å². The molecule has 2 heterocycles. The summed E-state index contributed by atoms with van der Waals surface area (Å²) in [7, 11) is 0. The van der Waals surface area contributed by atoms with Gasteiger partial charge in [0.05, 0.1) is 4.34 Å². The van der Waals surface area contributed by atoms with E-state index in [4.69, 9.17) is 27.6 Å². The number of hydrogen-bond donors (Lipinski definition) is 0. The van der Waals surface area contributed by atoms with Crippen LogP contribution in [0.25, 0.3) is 0 Å². The number of thiophene rings is 1. The van der Waals surface area contributed by atoms with E-state index in [0.717, 1.165) is 15.0 Å². The molecule has 0 bridgehead atoms. The standard InChI is InChI=1S/C9H5BrCl2OS/c10-7-3-1-5(13-7)9(12)6-2-4-8(11)14-6/h1-4,9H. The van der Waals surface area contributed by atoms with Gasteiger partial charge in [0.15, 0.2) is 4.67 Å². The third-order valence-corrected chi connectivity index (χ3v) is 3.99. The van der Waals surface area contributed by atoms with Gasteiger partial charge in [-0.25, -0.2) is 0 Å². The summed E-state index contributed by atoms with van der Waals surface area (Å²) in [5.74, 6) is 0.719. The Morgan fingerprint density at radius 3 is 2.57 bits per heavy atom. The highest BCUT2D eigenvalue weighted by Gasteiger charge is 2.16. The first-order valence-corrected chi connectivity index (χ1v) is 6.24. The number of hydrogen-bond acceptors (Lipinski definition) is 2. The summed E-state index contributed by atoms with van der Waals surface area (Å²) in [5, 5.41) is -0.265. The highest BCUT2D eigenvalue weighted by atomic mass is 79.9. The van der Waals surface area contributed by atoms with E-state index in [0.29, 0.717) is 4.67 Å². The molecule has 1 nitrogen and oxygen atoms in total. The predicted molar refractivity (Wildman–Crippen MR) is 63.4 cm³/mol. The van der Waals surface area contributed by atoms with E-state index in [1.807, 2.05) is 24.3 Å². The summed E-state index contributed by atoms with van der Waals surface area (Å²) in [4.78, 5) is 0.985. The number of halogens is 3. The zero-order valence-corrected chi connectivity index (χ0v) is 10.8. The molecule has 14 heavy (non-hydrogen) atoms. The van der Waals surface area contributed by atoms with Crippen molar-refractivity contribution in [1.82, 2.24) is 0 Å². The van der Waals surface area contributed by atoms with Gasteiger partial charge in [0.25, 0.3) is 0 Å². The van der Waals surface area contributed by atoms with Crippen LogP contribution >= 0.6 is 50.5 Å². The fraction of sp³-hybridized carbons (Fsp3) is 0.111. The van der Waals surface area contributed by atoms with Gasteiger partial charge in [-0.1, -0.05) is 11.6 Å². The van der Waals surface area contributed by atoms with Gasteiger partial charge in [-0.3, -0.25) is 0 Å². The minimum absolute atomic E-state index is 0.265. The van der Waals surface area contributed by atoms with Gasteiger partial charge < -0.3 is 4.42 Å². The minimum atomic E-state index is -0.265. The summed E-state index contributed by atoms with van der Waals surface area (Å²) in [6, 6.07) is 7.39. The van der Waals surface area contributed by atoms with Crippen LogP contribution in [0.2, 0.25) is 4.34 Å². The average molecular weight is 312 g/mol. The molecule has 0 saturated heterocycles. The molecule has 0 fully saturated rings. The first-order chi connectivity index (χ1) is 6.66.